The van der Waals surface area contributed by atoms with Gasteiger partial charge in [-0.2, -0.15) is 0 Å². The van der Waals surface area contributed by atoms with Crippen LogP contribution in [0.5, 0.6) is 0 Å². The molecule has 2 aromatic rings. The molecule has 1 aliphatic carbocycles. The van der Waals surface area contributed by atoms with Crippen LogP contribution >= 0.6 is 0 Å². The predicted octanol–water partition coefficient (Wildman–Crippen LogP) is 4.80. The molecule has 18 heavy (non-hydrogen) atoms. The van der Waals surface area contributed by atoms with Gasteiger partial charge in [0.2, 0.25) is 0 Å². The fourth-order valence-electron chi connectivity index (χ4n) is 2.78. The third kappa shape index (κ3) is 1.78. The smallest absolute Gasteiger partial charge is 0.00626 e. The Kier molecular flexibility index (Phi) is 2.59. The molecule has 0 saturated carbocycles. The zero-order valence-electron chi connectivity index (χ0n) is 11.0. The van der Waals surface area contributed by atoms with Gasteiger partial charge in [0.05, 0.1) is 0 Å². The Labute approximate surface area is 109 Å². The molecule has 0 bridgehead atoms. The third-order valence-corrected chi connectivity index (χ3v) is 3.85. The van der Waals surface area contributed by atoms with Crippen LogP contribution in [0.4, 0.5) is 0 Å². The van der Waals surface area contributed by atoms with Gasteiger partial charge in [0, 0.05) is 0 Å². The lowest BCUT2D eigenvalue weighted by atomic mass is 9.72. The van der Waals surface area contributed by atoms with Crippen LogP contribution in [0.25, 0.3) is 5.57 Å². The molecule has 0 nitrogen and oxygen atoms in total. The quantitative estimate of drug-likeness (QED) is 0.665. The topological polar surface area (TPSA) is 0 Å². The lowest BCUT2D eigenvalue weighted by molar-refractivity contribution is 0.527. The SMILES string of the molecule is CC1(C)CC=C(c2ccccc2)c2ccccc21. The van der Waals surface area contributed by atoms with Crippen molar-refractivity contribution < 1.29 is 0 Å². The number of fused-ring (bicyclic) bond motifs is 1. The van der Waals surface area contributed by atoms with E-state index in [2.05, 4.69) is 74.5 Å². The monoisotopic (exact) mass is 234 g/mol. The minimum atomic E-state index is 0.245. The second-order valence-electron chi connectivity index (χ2n) is 5.62. The Balaban J connectivity index is 2.18. The highest BCUT2D eigenvalue weighted by molar-refractivity contribution is 5.83. The number of allylic oxidation sites excluding steroid dienone is 1. The van der Waals surface area contributed by atoms with E-state index in [0.717, 1.165) is 6.42 Å². The van der Waals surface area contributed by atoms with Crippen molar-refractivity contribution in [2.45, 2.75) is 25.7 Å². The van der Waals surface area contributed by atoms with Crippen molar-refractivity contribution in [3.8, 4) is 0 Å². The molecule has 0 saturated heterocycles. The molecule has 3 rings (SSSR count). The molecule has 1 aliphatic rings. The first-order valence-corrected chi connectivity index (χ1v) is 6.54. The van der Waals surface area contributed by atoms with Gasteiger partial charge in [-0.05, 0) is 34.1 Å². The summed E-state index contributed by atoms with van der Waals surface area (Å²) in [7, 11) is 0. The summed E-state index contributed by atoms with van der Waals surface area (Å²) in [5.41, 5.74) is 5.80. The molecule has 0 unspecified atom stereocenters. The zero-order valence-corrected chi connectivity index (χ0v) is 11.0. The fourth-order valence-corrected chi connectivity index (χ4v) is 2.78. The van der Waals surface area contributed by atoms with Gasteiger partial charge in [-0.3, -0.25) is 0 Å². The number of hydrogen-bond acceptors (Lipinski definition) is 0. The second kappa shape index (κ2) is 4.13. The maximum Gasteiger partial charge on any atom is -0.00626 e. The van der Waals surface area contributed by atoms with E-state index in [1.54, 1.807) is 0 Å². The highest BCUT2D eigenvalue weighted by Gasteiger charge is 2.27. The predicted molar refractivity (Wildman–Crippen MR) is 77.6 cm³/mol. The molecular formula is C18H18. The lowest BCUT2D eigenvalue weighted by Gasteiger charge is -2.32. The molecule has 0 aliphatic heterocycles. The molecule has 0 N–H and O–H groups in total. The molecule has 0 heteroatoms. The normalized spacial score (nSPS) is 16.9. The molecule has 90 valence electrons. The molecule has 2 aromatic carbocycles. The molecule has 0 radical (unpaired) electrons. The Morgan fingerprint density at radius 3 is 2.28 bits per heavy atom. The average Bonchev–Trinajstić information content (AvgIpc) is 2.40. The molecule has 0 heterocycles. The van der Waals surface area contributed by atoms with Crippen LogP contribution in [-0.2, 0) is 5.41 Å². The van der Waals surface area contributed by atoms with E-state index < -0.39 is 0 Å². The maximum absolute atomic E-state index is 2.39. The number of rotatable bonds is 1. The van der Waals surface area contributed by atoms with E-state index in [-0.39, 0.29) is 5.41 Å². The van der Waals surface area contributed by atoms with Crippen molar-refractivity contribution >= 4 is 5.57 Å². The molecule has 0 spiro atoms. The Hall–Kier alpha value is -1.82. The van der Waals surface area contributed by atoms with E-state index in [9.17, 15) is 0 Å². The van der Waals surface area contributed by atoms with Crippen LogP contribution in [0, 0.1) is 0 Å². The summed E-state index contributed by atoms with van der Waals surface area (Å²) in [5.74, 6) is 0. The molecule has 0 fully saturated rings. The summed E-state index contributed by atoms with van der Waals surface area (Å²) < 4.78 is 0. The summed E-state index contributed by atoms with van der Waals surface area (Å²) in [6, 6.07) is 19.5. The zero-order chi connectivity index (χ0) is 12.6. The molecule has 0 amide bonds. The summed E-state index contributed by atoms with van der Waals surface area (Å²) in [4.78, 5) is 0. The highest BCUT2D eigenvalue weighted by Crippen LogP contribution is 2.40. The summed E-state index contributed by atoms with van der Waals surface area (Å²) in [5, 5.41) is 0. The van der Waals surface area contributed by atoms with Gasteiger partial charge < -0.3 is 0 Å². The van der Waals surface area contributed by atoms with E-state index in [1.165, 1.54) is 22.3 Å². The lowest BCUT2D eigenvalue weighted by Crippen LogP contribution is -2.21. The van der Waals surface area contributed by atoms with Crippen LogP contribution in [0.1, 0.15) is 37.0 Å². The van der Waals surface area contributed by atoms with Crippen LogP contribution in [0.2, 0.25) is 0 Å². The van der Waals surface area contributed by atoms with Crippen molar-refractivity contribution in [3.05, 3.63) is 77.4 Å². The molecule has 0 aromatic heterocycles. The summed E-state index contributed by atoms with van der Waals surface area (Å²) in [6.45, 7) is 4.65. The molecular weight excluding hydrogens is 216 g/mol. The van der Waals surface area contributed by atoms with Gasteiger partial charge in [0.15, 0.2) is 0 Å². The minimum absolute atomic E-state index is 0.245. The van der Waals surface area contributed by atoms with Crippen LogP contribution in [0.15, 0.2) is 60.7 Å². The first kappa shape index (κ1) is 11.3. The van der Waals surface area contributed by atoms with Gasteiger partial charge in [-0.25, -0.2) is 0 Å². The van der Waals surface area contributed by atoms with Gasteiger partial charge in [-0.1, -0.05) is 74.5 Å². The van der Waals surface area contributed by atoms with Crippen LogP contribution < -0.4 is 0 Å². The van der Waals surface area contributed by atoms with E-state index in [1.807, 2.05) is 0 Å². The maximum atomic E-state index is 2.39. The van der Waals surface area contributed by atoms with Crippen LogP contribution in [0.3, 0.4) is 0 Å². The van der Waals surface area contributed by atoms with E-state index in [4.69, 9.17) is 0 Å². The van der Waals surface area contributed by atoms with Gasteiger partial charge in [-0.15, -0.1) is 0 Å². The standard InChI is InChI=1S/C18H18/c1-18(2)13-12-15(14-8-4-3-5-9-14)16-10-6-7-11-17(16)18/h3-12H,13H2,1-2H3. The summed E-state index contributed by atoms with van der Waals surface area (Å²) in [6.07, 6.45) is 3.49. The van der Waals surface area contributed by atoms with Gasteiger partial charge in [0.25, 0.3) is 0 Å². The van der Waals surface area contributed by atoms with Crippen molar-refractivity contribution in [3.63, 3.8) is 0 Å². The third-order valence-electron chi connectivity index (χ3n) is 3.85. The first-order valence-electron chi connectivity index (χ1n) is 6.54. The van der Waals surface area contributed by atoms with Crippen LogP contribution in [-0.4, -0.2) is 0 Å². The number of hydrogen-bond donors (Lipinski definition) is 0. The Morgan fingerprint density at radius 2 is 1.50 bits per heavy atom. The van der Waals surface area contributed by atoms with E-state index >= 15 is 0 Å². The first-order chi connectivity index (χ1) is 8.68. The molecule has 0 atom stereocenters. The van der Waals surface area contributed by atoms with E-state index in [0.29, 0.717) is 0 Å². The Morgan fingerprint density at radius 1 is 0.833 bits per heavy atom. The van der Waals surface area contributed by atoms with Crippen molar-refractivity contribution in [1.29, 1.82) is 0 Å². The summed E-state index contributed by atoms with van der Waals surface area (Å²) >= 11 is 0. The van der Waals surface area contributed by atoms with Crippen molar-refractivity contribution in [2.75, 3.05) is 0 Å². The largest absolute Gasteiger partial charge is 0.0752 e. The fraction of sp³-hybridized carbons (Fsp3) is 0.222. The highest BCUT2D eigenvalue weighted by atomic mass is 14.3. The number of benzene rings is 2. The second-order valence-corrected chi connectivity index (χ2v) is 5.62. The Bertz CT molecular complexity index is 588. The minimum Gasteiger partial charge on any atom is -0.0752 e. The van der Waals surface area contributed by atoms with Gasteiger partial charge in [0.1, 0.15) is 0 Å². The average molecular weight is 234 g/mol. The van der Waals surface area contributed by atoms with Crippen molar-refractivity contribution in [2.24, 2.45) is 0 Å². The van der Waals surface area contributed by atoms with Crippen molar-refractivity contribution in [1.82, 2.24) is 0 Å². The van der Waals surface area contributed by atoms with Gasteiger partial charge >= 0.3 is 0 Å².